The van der Waals surface area contributed by atoms with Crippen LogP contribution >= 0.6 is 0 Å². The highest BCUT2D eigenvalue weighted by Gasteiger charge is 2.32. The summed E-state index contributed by atoms with van der Waals surface area (Å²) in [6.07, 6.45) is 0.453. The van der Waals surface area contributed by atoms with Crippen molar-refractivity contribution in [1.29, 1.82) is 0 Å². The third kappa shape index (κ3) is 4.06. The van der Waals surface area contributed by atoms with Crippen molar-refractivity contribution in [3.05, 3.63) is 76.0 Å². The third-order valence-corrected chi connectivity index (χ3v) is 7.42. The third-order valence-electron chi connectivity index (χ3n) is 5.56. The Kier molecular flexibility index (Phi) is 5.90. The van der Waals surface area contributed by atoms with Gasteiger partial charge in [-0.05, 0) is 19.1 Å². The number of anilines is 1. The molecule has 0 aliphatic carbocycles. The first-order chi connectivity index (χ1) is 15.3. The first kappa shape index (κ1) is 21.8. The fourth-order valence-corrected chi connectivity index (χ4v) is 5.06. The molecular formula is C22H23N5O4S. The molecule has 0 saturated heterocycles. The van der Waals surface area contributed by atoms with E-state index in [4.69, 9.17) is 9.97 Å². The van der Waals surface area contributed by atoms with Crippen molar-refractivity contribution in [1.82, 2.24) is 14.3 Å². The number of sulfonamides is 1. The number of nitro groups is 1. The summed E-state index contributed by atoms with van der Waals surface area (Å²) in [6.45, 7) is 3.12. The van der Waals surface area contributed by atoms with Gasteiger partial charge in [0.15, 0.2) is 5.82 Å². The van der Waals surface area contributed by atoms with E-state index in [9.17, 15) is 18.5 Å². The molecule has 1 aliphatic heterocycles. The van der Waals surface area contributed by atoms with Gasteiger partial charge in [0, 0.05) is 56.4 Å². The van der Waals surface area contributed by atoms with Crippen LogP contribution in [-0.2, 0) is 23.0 Å². The molecule has 10 heteroatoms. The summed E-state index contributed by atoms with van der Waals surface area (Å²) in [4.78, 5) is 21.9. The van der Waals surface area contributed by atoms with Crippen molar-refractivity contribution in [3.63, 3.8) is 0 Å². The van der Waals surface area contributed by atoms with Gasteiger partial charge in [-0.2, -0.15) is 4.31 Å². The summed E-state index contributed by atoms with van der Waals surface area (Å²) in [5.41, 5.74) is 2.37. The molecule has 9 nitrogen and oxygen atoms in total. The number of non-ortho nitro benzene ring substituents is 1. The number of hydrogen-bond acceptors (Lipinski definition) is 7. The molecule has 0 fully saturated rings. The number of hydrogen-bond donors (Lipinski definition) is 0. The van der Waals surface area contributed by atoms with Crippen LogP contribution in [0, 0.1) is 10.1 Å². The normalized spacial score (nSPS) is 14.1. The van der Waals surface area contributed by atoms with E-state index >= 15 is 0 Å². The summed E-state index contributed by atoms with van der Waals surface area (Å²) in [5.74, 6) is 1.33. The monoisotopic (exact) mass is 453 g/mol. The molecule has 1 aliphatic rings. The molecule has 0 unspecified atom stereocenters. The van der Waals surface area contributed by atoms with Crippen molar-refractivity contribution in [2.75, 3.05) is 25.0 Å². The second kappa shape index (κ2) is 8.64. The van der Waals surface area contributed by atoms with Crippen LogP contribution in [0.2, 0.25) is 0 Å². The Labute approximate surface area is 186 Å². The van der Waals surface area contributed by atoms with E-state index < -0.39 is 14.9 Å². The van der Waals surface area contributed by atoms with E-state index in [1.54, 1.807) is 0 Å². The molecule has 0 N–H and O–H groups in total. The summed E-state index contributed by atoms with van der Waals surface area (Å²) >= 11 is 0. The first-order valence-electron chi connectivity index (χ1n) is 10.2. The molecular weight excluding hydrogens is 430 g/mol. The number of nitro benzene ring substituents is 1. The van der Waals surface area contributed by atoms with E-state index in [0.29, 0.717) is 24.6 Å². The molecule has 2 aromatic carbocycles. The second-order valence-corrected chi connectivity index (χ2v) is 9.45. The summed E-state index contributed by atoms with van der Waals surface area (Å²) < 4.78 is 27.8. The van der Waals surface area contributed by atoms with Crippen LogP contribution in [0.4, 0.5) is 11.5 Å². The first-order valence-corrected chi connectivity index (χ1v) is 11.7. The molecule has 0 atom stereocenters. The van der Waals surface area contributed by atoms with Crippen LogP contribution in [-0.4, -0.2) is 47.8 Å². The molecule has 2 heterocycles. The maximum Gasteiger partial charge on any atom is 0.269 e. The Bertz CT molecular complexity index is 1250. The van der Waals surface area contributed by atoms with E-state index in [0.717, 1.165) is 16.8 Å². The van der Waals surface area contributed by atoms with Crippen molar-refractivity contribution in [2.24, 2.45) is 0 Å². The minimum absolute atomic E-state index is 0.0266. The Morgan fingerprint density at radius 2 is 1.78 bits per heavy atom. The van der Waals surface area contributed by atoms with Crippen LogP contribution in [0.1, 0.15) is 18.2 Å². The molecule has 3 aromatic rings. The van der Waals surface area contributed by atoms with E-state index in [-0.39, 0.29) is 23.7 Å². The molecule has 0 saturated carbocycles. The highest BCUT2D eigenvalue weighted by molar-refractivity contribution is 7.89. The average molecular weight is 454 g/mol. The van der Waals surface area contributed by atoms with E-state index in [2.05, 4.69) is 0 Å². The lowest BCUT2D eigenvalue weighted by molar-refractivity contribution is -0.384. The van der Waals surface area contributed by atoms with Crippen LogP contribution in [0.3, 0.4) is 0 Å². The van der Waals surface area contributed by atoms with Gasteiger partial charge in [-0.25, -0.2) is 18.4 Å². The van der Waals surface area contributed by atoms with Crippen LogP contribution in [0.5, 0.6) is 0 Å². The highest BCUT2D eigenvalue weighted by atomic mass is 32.2. The Morgan fingerprint density at radius 1 is 1.09 bits per heavy atom. The van der Waals surface area contributed by atoms with Gasteiger partial charge in [0.2, 0.25) is 10.0 Å². The molecule has 0 spiro atoms. The fraction of sp³-hybridized carbons (Fsp3) is 0.273. The lowest BCUT2D eigenvalue weighted by Crippen LogP contribution is -2.37. The van der Waals surface area contributed by atoms with Gasteiger partial charge in [-0.15, -0.1) is 0 Å². The number of nitrogens with zero attached hydrogens (tertiary/aromatic N) is 5. The van der Waals surface area contributed by atoms with E-state index in [1.807, 2.05) is 49.2 Å². The maximum absolute atomic E-state index is 13.2. The van der Waals surface area contributed by atoms with Gasteiger partial charge in [-0.3, -0.25) is 10.1 Å². The predicted molar refractivity (Wildman–Crippen MR) is 121 cm³/mol. The number of benzene rings is 2. The second-order valence-electron chi connectivity index (χ2n) is 7.52. The molecule has 0 bridgehead atoms. The van der Waals surface area contributed by atoms with Crippen molar-refractivity contribution < 1.29 is 13.3 Å². The van der Waals surface area contributed by atoms with Gasteiger partial charge in [0.1, 0.15) is 5.82 Å². The van der Waals surface area contributed by atoms with Gasteiger partial charge in [0.05, 0.1) is 15.5 Å². The zero-order valence-corrected chi connectivity index (χ0v) is 18.6. The quantitative estimate of drug-likeness (QED) is 0.416. The summed E-state index contributed by atoms with van der Waals surface area (Å²) in [6, 6.07) is 14.7. The van der Waals surface area contributed by atoms with Gasteiger partial charge >= 0.3 is 0 Å². The van der Waals surface area contributed by atoms with Crippen molar-refractivity contribution >= 4 is 21.5 Å². The zero-order valence-electron chi connectivity index (χ0n) is 17.8. The standard InChI is InChI=1S/C22H23N5O4S/c1-3-25(2)22-19-15-26(32(30,31)18-11-9-17(10-12-18)27(28)29)14-13-20(19)23-21(24-22)16-7-5-4-6-8-16/h4-12H,3,13-15H2,1-2H3. The highest BCUT2D eigenvalue weighted by Crippen LogP contribution is 2.32. The van der Waals surface area contributed by atoms with Crippen LogP contribution < -0.4 is 4.90 Å². The predicted octanol–water partition coefficient (Wildman–Crippen LogP) is 3.25. The lowest BCUT2D eigenvalue weighted by atomic mass is 10.1. The molecule has 1 aromatic heterocycles. The Morgan fingerprint density at radius 3 is 2.41 bits per heavy atom. The number of rotatable bonds is 6. The van der Waals surface area contributed by atoms with E-state index in [1.165, 1.54) is 28.6 Å². The topological polar surface area (TPSA) is 110 Å². The molecule has 166 valence electrons. The average Bonchev–Trinajstić information content (AvgIpc) is 2.83. The molecule has 32 heavy (non-hydrogen) atoms. The number of aromatic nitrogens is 2. The largest absolute Gasteiger partial charge is 0.360 e. The van der Waals surface area contributed by atoms with Crippen molar-refractivity contribution in [3.8, 4) is 11.4 Å². The minimum Gasteiger partial charge on any atom is -0.360 e. The SMILES string of the molecule is CCN(C)c1nc(-c2ccccc2)nc2c1CN(S(=O)(=O)c1ccc([N+](=O)[O-])cc1)CC2. The minimum atomic E-state index is -3.82. The van der Waals surface area contributed by atoms with Crippen LogP contribution in [0.25, 0.3) is 11.4 Å². The maximum atomic E-state index is 13.2. The molecule has 0 amide bonds. The summed E-state index contributed by atoms with van der Waals surface area (Å²) in [7, 11) is -1.90. The zero-order chi connectivity index (χ0) is 22.9. The smallest absolute Gasteiger partial charge is 0.269 e. The molecule has 4 rings (SSSR count). The van der Waals surface area contributed by atoms with Crippen LogP contribution in [0.15, 0.2) is 59.5 Å². The molecule has 0 radical (unpaired) electrons. The van der Waals surface area contributed by atoms with Gasteiger partial charge in [0.25, 0.3) is 5.69 Å². The van der Waals surface area contributed by atoms with Gasteiger partial charge < -0.3 is 4.90 Å². The lowest BCUT2D eigenvalue weighted by Gasteiger charge is -2.31. The fourth-order valence-electron chi connectivity index (χ4n) is 3.65. The number of fused-ring (bicyclic) bond motifs is 1. The Hall–Kier alpha value is -3.37. The Balaban J connectivity index is 1.71. The van der Waals surface area contributed by atoms with Gasteiger partial charge in [-0.1, -0.05) is 30.3 Å². The summed E-state index contributed by atoms with van der Waals surface area (Å²) in [5, 5.41) is 10.9. The van der Waals surface area contributed by atoms with Crippen molar-refractivity contribution in [2.45, 2.75) is 24.8 Å².